The molecule has 6 aromatic rings. The first-order valence-corrected chi connectivity index (χ1v) is 28.6. The number of nitrogens with zero attached hydrogens (tertiary/aromatic N) is 6. The Morgan fingerprint density at radius 3 is 1.42 bits per heavy atom. The van der Waals surface area contributed by atoms with Crippen LogP contribution < -0.4 is 10.6 Å². The van der Waals surface area contributed by atoms with Gasteiger partial charge in [-0.3, -0.25) is 20.2 Å². The smallest absolute Gasteiger partial charge is 0.341 e. The fraction of sp³-hybridized carbons (Fsp3) is 0.417. The van der Waals surface area contributed by atoms with Crippen molar-refractivity contribution in [3.8, 4) is 10.0 Å². The topological polar surface area (TPSA) is 288 Å². The fourth-order valence-electron chi connectivity index (χ4n) is 7.92. The van der Waals surface area contributed by atoms with E-state index in [2.05, 4.69) is 30.8 Å². The predicted octanol–water partition coefficient (Wildman–Crippen LogP) is 6.16. The van der Waals surface area contributed by atoms with Crippen molar-refractivity contribution < 1.29 is 64.8 Å². The quantitative estimate of drug-likeness (QED) is 0.0766. The molecule has 392 valence electrons. The number of sulfone groups is 2. The number of nitrogens with one attached hydrogen (secondary N) is 2. The molecule has 74 heavy (non-hydrogen) atoms. The number of aromatic carboxylic acids is 1. The molecule has 2 unspecified atom stereocenters. The van der Waals surface area contributed by atoms with Crippen molar-refractivity contribution in [2.24, 2.45) is 0 Å². The highest BCUT2D eigenvalue weighted by molar-refractivity contribution is 7.92. The highest BCUT2D eigenvalue weighted by Gasteiger charge is 2.38. The Labute approximate surface area is 433 Å². The number of hydrogen-bond donors (Lipinski definition) is 3. The number of aromatic nitrogens is 6. The van der Waals surface area contributed by atoms with Crippen molar-refractivity contribution in [1.29, 1.82) is 0 Å². The van der Waals surface area contributed by atoms with Crippen LogP contribution in [0, 0.1) is 0 Å². The van der Waals surface area contributed by atoms with Gasteiger partial charge in [0.05, 0.1) is 75.0 Å². The van der Waals surface area contributed by atoms with E-state index in [1.807, 2.05) is 0 Å². The average Bonchev–Trinajstić information content (AvgIpc) is 4.21. The summed E-state index contributed by atoms with van der Waals surface area (Å²) in [6.45, 7) is 4.15. The maximum absolute atomic E-state index is 13.4. The van der Waals surface area contributed by atoms with Crippen molar-refractivity contribution in [1.82, 2.24) is 29.5 Å². The van der Waals surface area contributed by atoms with Crippen LogP contribution in [0.15, 0.2) is 95.5 Å². The Kier molecular flexibility index (Phi) is 16.4. The molecule has 4 aliphatic rings. The number of rotatable bonds is 19. The predicted molar refractivity (Wildman–Crippen MR) is 267 cm³/mol. The molecule has 2 aromatic carbocycles. The Bertz CT molecular complexity index is 3170. The third-order valence-corrected chi connectivity index (χ3v) is 18.6. The van der Waals surface area contributed by atoms with Gasteiger partial charge in [0.2, 0.25) is 0 Å². The van der Waals surface area contributed by atoms with Crippen LogP contribution in [0.2, 0.25) is 0 Å². The largest absolute Gasteiger partial charge is 0.478 e. The second-order valence-electron chi connectivity index (χ2n) is 17.6. The van der Waals surface area contributed by atoms with Crippen LogP contribution in [-0.2, 0) is 52.9 Å². The molecule has 2 aliphatic carbocycles. The number of carboxylic acids is 1. The third-order valence-electron chi connectivity index (χ3n) is 12.2. The number of ether oxygens (including phenoxy) is 5. The van der Waals surface area contributed by atoms with E-state index in [0.717, 1.165) is 11.3 Å². The molecule has 0 spiro atoms. The lowest BCUT2D eigenvalue weighted by atomic mass is 10.1. The molecule has 4 fully saturated rings. The van der Waals surface area contributed by atoms with Crippen LogP contribution in [0.25, 0.3) is 10.0 Å². The molecule has 22 nitrogen and oxygen atoms in total. The van der Waals surface area contributed by atoms with Crippen LogP contribution in [0.1, 0.15) is 102 Å². The van der Waals surface area contributed by atoms with Gasteiger partial charge >= 0.3 is 11.9 Å². The molecular formula is C48H52N8O14S4. The summed E-state index contributed by atoms with van der Waals surface area (Å²) >= 11 is 2.30. The van der Waals surface area contributed by atoms with Gasteiger partial charge in [0, 0.05) is 38.8 Å². The van der Waals surface area contributed by atoms with Crippen molar-refractivity contribution in [3.05, 3.63) is 108 Å². The lowest BCUT2D eigenvalue weighted by Gasteiger charge is -2.27. The molecule has 6 heterocycles. The van der Waals surface area contributed by atoms with E-state index in [0.29, 0.717) is 110 Å². The molecule has 10 rings (SSSR count). The molecule has 2 aliphatic heterocycles. The SMILES string of the molecule is CCOC(=O)c1cnn(-c2cnc(NC(=O)C(OC3CCOCC3)c3ccc(S(=O)(=O)C4CC4)cc3)s2)c1.O=C(O)c1cnn(-c2cnc(NC(=O)C(OC3CCOCC3)c3ccc(S(=O)(=O)C4CC4)cc3)s2)c1. The van der Waals surface area contributed by atoms with E-state index < -0.39 is 55.6 Å². The first kappa shape index (κ1) is 52.6. The molecule has 2 atom stereocenters. The van der Waals surface area contributed by atoms with E-state index >= 15 is 0 Å². The Morgan fingerprint density at radius 1 is 0.635 bits per heavy atom. The van der Waals surface area contributed by atoms with Gasteiger partial charge in [-0.1, -0.05) is 46.9 Å². The van der Waals surface area contributed by atoms with E-state index in [1.165, 1.54) is 82.1 Å². The Hall–Kier alpha value is -6.26. The number of anilines is 2. The zero-order valence-corrected chi connectivity index (χ0v) is 43.1. The number of hydrogen-bond acceptors (Lipinski definition) is 19. The number of amides is 2. The van der Waals surface area contributed by atoms with Gasteiger partial charge in [0.1, 0.15) is 10.0 Å². The number of carbonyl (C=O) groups is 4. The monoisotopic (exact) mass is 1090 g/mol. The van der Waals surface area contributed by atoms with E-state index in [4.69, 9.17) is 28.8 Å². The number of esters is 1. The Balaban J connectivity index is 0.000000182. The summed E-state index contributed by atoms with van der Waals surface area (Å²) in [5.41, 5.74) is 1.42. The molecular weight excluding hydrogens is 1040 g/mol. The number of carboxylic acid groups (broad SMARTS) is 1. The Morgan fingerprint density at radius 2 is 1.04 bits per heavy atom. The minimum atomic E-state index is -3.34. The number of benzene rings is 2. The first-order valence-electron chi connectivity index (χ1n) is 23.8. The average molecular weight is 1090 g/mol. The second-order valence-corrected chi connectivity index (χ2v) is 24.1. The summed E-state index contributed by atoms with van der Waals surface area (Å²) in [6, 6.07) is 12.6. The van der Waals surface area contributed by atoms with Crippen molar-refractivity contribution in [3.63, 3.8) is 0 Å². The minimum absolute atomic E-state index is 0.0334. The summed E-state index contributed by atoms with van der Waals surface area (Å²) < 4.78 is 81.3. The second kappa shape index (κ2) is 23.1. The molecule has 3 N–H and O–H groups in total. The van der Waals surface area contributed by atoms with Gasteiger partial charge in [-0.15, -0.1) is 0 Å². The van der Waals surface area contributed by atoms with Crippen LogP contribution in [0.3, 0.4) is 0 Å². The molecule has 26 heteroatoms. The van der Waals surface area contributed by atoms with Gasteiger partial charge in [-0.2, -0.15) is 10.2 Å². The number of thiazole rings is 2. The van der Waals surface area contributed by atoms with Gasteiger partial charge in [-0.05, 0) is 93.7 Å². The van der Waals surface area contributed by atoms with Crippen molar-refractivity contribution in [2.45, 2.75) is 103 Å². The summed E-state index contributed by atoms with van der Waals surface area (Å²) in [7, 11) is -6.68. The zero-order valence-electron chi connectivity index (χ0n) is 39.8. The zero-order chi connectivity index (χ0) is 52.0. The van der Waals surface area contributed by atoms with Crippen molar-refractivity contribution in [2.75, 3.05) is 43.7 Å². The van der Waals surface area contributed by atoms with Crippen molar-refractivity contribution >= 4 is 76.4 Å². The van der Waals surface area contributed by atoms with Crippen LogP contribution in [0.4, 0.5) is 10.3 Å². The van der Waals surface area contributed by atoms with Gasteiger partial charge in [0.25, 0.3) is 11.8 Å². The maximum atomic E-state index is 13.4. The van der Waals surface area contributed by atoms with Gasteiger partial charge in [-0.25, -0.2) is 45.8 Å². The molecule has 2 saturated carbocycles. The molecule has 0 radical (unpaired) electrons. The van der Waals surface area contributed by atoms with Gasteiger partial charge in [0.15, 0.2) is 42.1 Å². The maximum Gasteiger partial charge on any atom is 0.341 e. The fourth-order valence-corrected chi connectivity index (χ4v) is 12.7. The third kappa shape index (κ3) is 12.8. The normalized spacial score (nSPS) is 17.4. The van der Waals surface area contributed by atoms with Gasteiger partial charge < -0.3 is 28.8 Å². The lowest BCUT2D eigenvalue weighted by molar-refractivity contribution is -0.136. The van der Waals surface area contributed by atoms with Crippen LogP contribution >= 0.6 is 22.7 Å². The van der Waals surface area contributed by atoms with E-state index in [1.54, 1.807) is 31.2 Å². The molecule has 0 bridgehead atoms. The first-order chi connectivity index (χ1) is 35.7. The molecule has 2 amide bonds. The van der Waals surface area contributed by atoms with Crippen LogP contribution in [-0.4, -0.2) is 131 Å². The highest BCUT2D eigenvalue weighted by atomic mass is 32.2. The summed E-state index contributed by atoms with van der Waals surface area (Å²) in [5, 5.41) is 23.9. The summed E-state index contributed by atoms with van der Waals surface area (Å²) in [4.78, 5) is 58.7. The molecule has 2 saturated heterocycles. The van der Waals surface area contributed by atoms with E-state index in [-0.39, 0.29) is 49.8 Å². The standard InChI is InChI=1S/C25H28N4O7S2.C23H24N4O7S2/c1-2-35-24(31)17-13-27-29(15-17)21-14-26-25(37-21)28-23(30)22(36-18-9-11-34-12-10-18)16-3-5-19(6-4-16)38(32,33)20-7-8-20;28-21(26-23-24-12-19(35-23)27-13-15(11-25-27)22(29)30)20(34-16-7-9-33-10-8-16)14-1-3-17(4-2-14)36(31,32)18-5-6-18/h3-6,13-15,18,20,22H,2,7-12H2,1H3,(H,26,28,30);1-4,11-13,16,18,20H,5-10H2,(H,29,30)(H,24,26,28). The number of carbonyl (C=O) groups excluding carboxylic acids is 3. The summed E-state index contributed by atoms with van der Waals surface area (Å²) in [5.74, 6) is -2.45. The summed E-state index contributed by atoms with van der Waals surface area (Å²) in [6.07, 6.45) is 11.5. The minimum Gasteiger partial charge on any atom is -0.478 e. The highest BCUT2D eigenvalue weighted by Crippen LogP contribution is 2.36. The lowest BCUT2D eigenvalue weighted by Crippen LogP contribution is -2.31. The van der Waals surface area contributed by atoms with Crippen LogP contribution in [0.5, 0.6) is 0 Å². The molecule has 4 aromatic heterocycles. The van der Waals surface area contributed by atoms with E-state index in [9.17, 15) is 36.0 Å².